The molecule has 84 valence electrons. The minimum atomic E-state index is 0. The normalized spacial score (nSPS) is 10.5. The maximum atomic E-state index is 5.11. The van der Waals surface area contributed by atoms with Crippen molar-refractivity contribution in [1.82, 2.24) is 4.90 Å². The van der Waals surface area contributed by atoms with Crippen LogP contribution in [0.5, 0.6) is 0 Å². The van der Waals surface area contributed by atoms with E-state index >= 15 is 0 Å². The number of aliphatic imine (C=N–C) groups is 1. The van der Waals surface area contributed by atoms with Crippen molar-refractivity contribution in [1.29, 1.82) is 0 Å². The topological polar surface area (TPSA) is 24.8 Å². The maximum Gasteiger partial charge on any atom is 0.286 e. The van der Waals surface area contributed by atoms with Gasteiger partial charge in [0.05, 0.1) is 7.11 Å². The lowest BCUT2D eigenvalue weighted by molar-refractivity contribution is 0.304. The molecule has 0 aromatic heterocycles. The first-order chi connectivity index (χ1) is 6.77. The van der Waals surface area contributed by atoms with E-state index in [1.54, 1.807) is 14.2 Å². The van der Waals surface area contributed by atoms with Gasteiger partial charge in [0, 0.05) is 20.6 Å². The fraction of sp³-hybridized carbons (Fsp3) is 0.364. The van der Waals surface area contributed by atoms with Gasteiger partial charge in [0.2, 0.25) is 0 Å². The number of halogens is 1. The Labute approximate surface area is 108 Å². The maximum absolute atomic E-state index is 5.11. The zero-order valence-electron chi connectivity index (χ0n) is 9.30. The second-order valence-electron chi connectivity index (χ2n) is 3.05. The van der Waals surface area contributed by atoms with Gasteiger partial charge in [-0.05, 0) is 5.56 Å². The fourth-order valence-electron chi connectivity index (χ4n) is 1.34. The van der Waals surface area contributed by atoms with Crippen molar-refractivity contribution in [3.05, 3.63) is 35.9 Å². The van der Waals surface area contributed by atoms with E-state index in [-0.39, 0.29) is 24.0 Å². The summed E-state index contributed by atoms with van der Waals surface area (Å²) in [5.41, 5.74) is 1.24. The number of hydrogen-bond acceptors (Lipinski definition) is 2. The van der Waals surface area contributed by atoms with Crippen LogP contribution in [0, 0.1) is 0 Å². The van der Waals surface area contributed by atoms with Crippen molar-refractivity contribution in [2.24, 2.45) is 4.99 Å². The molecule has 0 saturated carbocycles. The second kappa shape index (κ2) is 7.50. The van der Waals surface area contributed by atoms with Gasteiger partial charge >= 0.3 is 0 Å². The molecule has 0 amide bonds. The van der Waals surface area contributed by atoms with E-state index < -0.39 is 0 Å². The van der Waals surface area contributed by atoms with Gasteiger partial charge in [-0.2, -0.15) is 0 Å². The lowest BCUT2D eigenvalue weighted by Gasteiger charge is -2.18. The zero-order valence-corrected chi connectivity index (χ0v) is 11.6. The van der Waals surface area contributed by atoms with Crippen LogP contribution in [0.4, 0.5) is 0 Å². The van der Waals surface area contributed by atoms with E-state index in [2.05, 4.69) is 17.1 Å². The molecular weight excluding hydrogens is 303 g/mol. The molecule has 0 heterocycles. The van der Waals surface area contributed by atoms with E-state index in [0.717, 1.165) is 6.54 Å². The average Bonchev–Trinajstić information content (AvgIpc) is 2.21. The SMILES string of the molecule is C/N=C(\OC)N(C)Cc1ccccc1.I. The largest absolute Gasteiger partial charge is 0.468 e. The lowest BCUT2D eigenvalue weighted by atomic mass is 10.2. The smallest absolute Gasteiger partial charge is 0.286 e. The van der Waals surface area contributed by atoms with Crippen LogP contribution >= 0.6 is 24.0 Å². The van der Waals surface area contributed by atoms with E-state index in [0.29, 0.717) is 6.02 Å². The van der Waals surface area contributed by atoms with Gasteiger partial charge in [-0.3, -0.25) is 0 Å². The highest BCUT2D eigenvalue weighted by Crippen LogP contribution is 2.03. The molecule has 15 heavy (non-hydrogen) atoms. The molecular formula is C11H17IN2O. The van der Waals surface area contributed by atoms with Crippen molar-refractivity contribution in [2.75, 3.05) is 21.2 Å². The summed E-state index contributed by atoms with van der Waals surface area (Å²) in [5, 5.41) is 0. The summed E-state index contributed by atoms with van der Waals surface area (Å²) in [4.78, 5) is 5.99. The number of ether oxygens (including phenoxy) is 1. The standard InChI is InChI=1S/C11H16N2O.HI/c1-12-11(14-3)13(2)9-10-7-5-4-6-8-10;/h4-8H,9H2,1-3H3;1H/b12-11-;. The Morgan fingerprint density at radius 3 is 2.40 bits per heavy atom. The van der Waals surface area contributed by atoms with Gasteiger partial charge in [-0.25, -0.2) is 4.99 Å². The summed E-state index contributed by atoms with van der Waals surface area (Å²) in [6.45, 7) is 0.807. The first-order valence-corrected chi connectivity index (χ1v) is 4.53. The highest BCUT2D eigenvalue weighted by Gasteiger charge is 2.04. The molecule has 0 unspecified atom stereocenters. The van der Waals surface area contributed by atoms with Crippen LogP contribution in [0.1, 0.15) is 5.56 Å². The monoisotopic (exact) mass is 320 g/mol. The Bertz CT molecular complexity index is 301. The Kier molecular flexibility index (Phi) is 7.11. The lowest BCUT2D eigenvalue weighted by Crippen LogP contribution is -2.27. The predicted molar refractivity (Wildman–Crippen MR) is 73.7 cm³/mol. The van der Waals surface area contributed by atoms with Gasteiger partial charge in [-0.15, -0.1) is 24.0 Å². The number of methoxy groups -OCH3 is 1. The molecule has 1 rings (SSSR count). The number of nitrogens with zero attached hydrogens (tertiary/aromatic N) is 2. The van der Waals surface area contributed by atoms with Crippen molar-refractivity contribution in [3.63, 3.8) is 0 Å². The molecule has 3 nitrogen and oxygen atoms in total. The van der Waals surface area contributed by atoms with Gasteiger partial charge < -0.3 is 9.64 Å². The van der Waals surface area contributed by atoms with Crippen LogP contribution in [-0.4, -0.2) is 32.1 Å². The van der Waals surface area contributed by atoms with Crippen molar-refractivity contribution >= 4 is 30.0 Å². The Morgan fingerprint density at radius 1 is 1.33 bits per heavy atom. The minimum absolute atomic E-state index is 0. The highest BCUT2D eigenvalue weighted by molar-refractivity contribution is 14.0. The number of hydrogen-bond donors (Lipinski definition) is 0. The molecule has 0 aliphatic carbocycles. The molecule has 0 atom stereocenters. The summed E-state index contributed by atoms with van der Waals surface area (Å²) in [5.74, 6) is 0. The molecule has 0 bridgehead atoms. The number of benzene rings is 1. The third-order valence-electron chi connectivity index (χ3n) is 1.96. The summed E-state index contributed by atoms with van der Waals surface area (Å²) in [6.07, 6.45) is 0. The molecule has 1 aromatic rings. The molecule has 4 heteroatoms. The summed E-state index contributed by atoms with van der Waals surface area (Å²) in [6, 6.07) is 10.9. The van der Waals surface area contributed by atoms with Crippen LogP contribution in [-0.2, 0) is 11.3 Å². The van der Waals surface area contributed by atoms with Crippen LogP contribution in [0.3, 0.4) is 0 Å². The Balaban J connectivity index is 0.00000196. The molecule has 0 spiro atoms. The van der Waals surface area contributed by atoms with Gasteiger partial charge in [0.25, 0.3) is 6.02 Å². The van der Waals surface area contributed by atoms with Gasteiger partial charge in [0.15, 0.2) is 0 Å². The number of rotatable bonds is 2. The fourth-order valence-corrected chi connectivity index (χ4v) is 1.34. The number of amidine groups is 1. The second-order valence-corrected chi connectivity index (χ2v) is 3.05. The predicted octanol–water partition coefficient (Wildman–Crippen LogP) is 2.37. The van der Waals surface area contributed by atoms with E-state index in [1.165, 1.54) is 5.56 Å². The average molecular weight is 320 g/mol. The van der Waals surface area contributed by atoms with Crippen LogP contribution in [0.15, 0.2) is 35.3 Å². The quantitative estimate of drug-likeness (QED) is 0.475. The molecule has 0 aliphatic heterocycles. The molecule has 0 aliphatic rings. The Morgan fingerprint density at radius 2 is 1.93 bits per heavy atom. The first-order valence-electron chi connectivity index (χ1n) is 4.53. The van der Waals surface area contributed by atoms with Gasteiger partial charge in [-0.1, -0.05) is 30.3 Å². The summed E-state index contributed by atoms with van der Waals surface area (Å²) >= 11 is 0. The zero-order chi connectivity index (χ0) is 10.4. The van der Waals surface area contributed by atoms with E-state index in [9.17, 15) is 0 Å². The molecule has 1 aromatic carbocycles. The third-order valence-corrected chi connectivity index (χ3v) is 1.96. The highest BCUT2D eigenvalue weighted by atomic mass is 127. The van der Waals surface area contributed by atoms with E-state index in [1.807, 2.05) is 30.1 Å². The van der Waals surface area contributed by atoms with Crippen LogP contribution < -0.4 is 0 Å². The Hall–Kier alpha value is -0.780. The first kappa shape index (κ1) is 14.2. The molecule has 0 N–H and O–H groups in total. The van der Waals surface area contributed by atoms with Crippen molar-refractivity contribution in [3.8, 4) is 0 Å². The van der Waals surface area contributed by atoms with Gasteiger partial charge in [0.1, 0.15) is 0 Å². The summed E-state index contributed by atoms with van der Waals surface area (Å²) in [7, 11) is 5.31. The van der Waals surface area contributed by atoms with E-state index in [4.69, 9.17) is 4.74 Å². The molecule has 0 fully saturated rings. The minimum Gasteiger partial charge on any atom is -0.468 e. The third kappa shape index (κ3) is 4.51. The van der Waals surface area contributed by atoms with Crippen molar-refractivity contribution < 1.29 is 4.74 Å². The van der Waals surface area contributed by atoms with Crippen molar-refractivity contribution in [2.45, 2.75) is 6.54 Å². The molecule has 0 radical (unpaired) electrons. The van der Waals surface area contributed by atoms with Crippen LogP contribution in [0.2, 0.25) is 0 Å². The molecule has 0 saturated heterocycles. The summed E-state index contributed by atoms with van der Waals surface area (Å²) < 4.78 is 5.11. The van der Waals surface area contributed by atoms with Crippen LogP contribution in [0.25, 0.3) is 0 Å².